The fourth-order valence-electron chi connectivity index (χ4n) is 0.482. The van der Waals surface area contributed by atoms with Crippen molar-refractivity contribution in [2.24, 2.45) is 0 Å². The highest BCUT2D eigenvalue weighted by molar-refractivity contribution is 9.10. The summed E-state index contributed by atoms with van der Waals surface area (Å²) in [6.07, 6.45) is 0. The van der Waals surface area contributed by atoms with Crippen molar-refractivity contribution < 1.29 is 0 Å². The summed E-state index contributed by atoms with van der Waals surface area (Å²) in [6, 6.07) is 1.92. The van der Waals surface area contributed by atoms with Gasteiger partial charge in [0.1, 0.15) is 0 Å². The molecule has 1 aromatic heterocycles. The molecule has 0 aliphatic rings. The first-order valence-corrected chi connectivity index (χ1v) is 3.82. The molecule has 1 aromatic rings. The summed E-state index contributed by atoms with van der Waals surface area (Å²) in [6.45, 7) is 2.03. The number of nitrogens with two attached hydrogens (primary N) is 1. The van der Waals surface area contributed by atoms with Crippen LogP contribution in [0.1, 0.15) is 4.88 Å². The van der Waals surface area contributed by atoms with Crippen LogP contribution in [0.3, 0.4) is 0 Å². The molecule has 1 nitrogen and oxygen atoms in total. The van der Waals surface area contributed by atoms with Crippen LogP contribution in [0, 0.1) is 6.92 Å². The van der Waals surface area contributed by atoms with Gasteiger partial charge in [-0.05, 0) is 28.9 Å². The highest BCUT2D eigenvalue weighted by Crippen LogP contribution is 2.27. The first-order chi connectivity index (χ1) is 3.70. The van der Waals surface area contributed by atoms with Crippen LogP contribution in [0.25, 0.3) is 0 Å². The van der Waals surface area contributed by atoms with Gasteiger partial charge in [-0.1, -0.05) is 0 Å². The van der Waals surface area contributed by atoms with Crippen LogP contribution in [0.15, 0.2) is 10.5 Å². The molecule has 0 saturated heterocycles. The van der Waals surface area contributed by atoms with E-state index < -0.39 is 0 Å². The molecule has 0 aliphatic heterocycles. The third kappa shape index (κ3) is 2.16. The first-order valence-electron chi connectivity index (χ1n) is 2.21. The third-order valence-electron chi connectivity index (χ3n) is 0.876. The van der Waals surface area contributed by atoms with Crippen molar-refractivity contribution in [2.75, 3.05) is 5.73 Å². The van der Waals surface area contributed by atoms with E-state index in [0.717, 1.165) is 9.47 Å². The Morgan fingerprint density at radius 3 is 2.33 bits per heavy atom. The van der Waals surface area contributed by atoms with E-state index in [4.69, 9.17) is 5.73 Å². The minimum atomic E-state index is 0. The molecular formula is C5H7BrClNS. The van der Waals surface area contributed by atoms with Crippen molar-refractivity contribution in [1.82, 2.24) is 0 Å². The highest BCUT2D eigenvalue weighted by atomic mass is 79.9. The number of thiophene rings is 1. The van der Waals surface area contributed by atoms with E-state index in [9.17, 15) is 0 Å². The minimum Gasteiger partial charge on any atom is -0.391 e. The Balaban J connectivity index is 0.000000640. The number of anilines is 1. The van der Waals surface area contributed by atoms with Crippen LogP contribution in [0.4, 0.5) is 5.00 Å². The maximum absolute atomic E-state index is 5.47. The molecule has 0 atom stereocenters. The quantitative estimate of drug-likeness (QED) is 0.726. The molecule has 0 amide bonds. The predicted octanol–water partition coefficient (Wildman–Crippen LogP) is 2.82. The van der Waals surface area contributed by atoms with Crippen molar-refractivity contribution >= 4 is 44.7 Å². The molecule has 1 rings (SSSR count). The summed E-state index contributed by atoms with van der Waals surface area (Å²) in [5.41, 5.74) is 5.47. The molecule has 1 heterocycles. The number of nitrogen functional groups attached to an aromatic ring is 1. The fraction of sp³-hybridized carbons (Fsp3) is 0.200. The van der Waals surface area contributed by atoms with Gasteiger partial charge in [-0.2, -0.15) is 0 Å². The largest absolute Gasteiger partial charge is 0.391 e. The first kappa shape index (κ1) is 9.27. The zero-order valence-electron chi connectivity index (χ0n) is 4.85. The monoisotopic (exact) mass is 227 g/mol. The molecule has 0 aliphatic carbocycles. The zero-order valence-corrected chi connectivity index (χ0v) is 8.07. The van der Waals surface area contributed by atoms with Crippen LogP contribution in [-0.4, -0.2) is 0 Å². The molecule has 0 bridgehead atoms. The van der Waals surface area contributed by atoms with Gasteiger partial charge in [0.2, 0.25) is 0 Å². The van der Waals surface area contributed by atoms with Gasteiger partial charge < -0.3 is 5.73 Å². The van der Waals surface area contributed by atoms with E-state index in [1.165, 1.54) is 4.88 Å². The zero-order chi connectivity index (χ0) is 6.15. The van der Waals surface area contributed by atoms with Crippen LogP contribution < -0.4 is 5.73 Å². The van der Waals surface area contributed by atoms with Gasteiger partial charge in [-0.15, -0.1) is 23.7 Å². The van der Waals surface area contributed by atoms with Gasteiger partial charge in [0.05, 0.1) is 5.00 Å². The molecule has 4 heteroatoms. The molecule has 0 unspecified atom stereocenters. The minimum absolute atomic E-state index is 0. The molecule has 0 radical (unpaired) electrons. The lowest BCUT2D eigenvalue weighted by atomic mass is 10.5. The van der Waals surface area contributed by atoms with Gasteiger partial charge in [0.25, 0.3) is 0 Å². The van der Waals surface area contributed by atoms with E-state index >= 15 is 0 Å². The Hall–Kier alpha value is 0.270. The van der Waals surface area contributed by atoms with Gasteiger partial charge >= 0.3 is 0 Å². The molecule has 9 heavy (non-hydrogen) atoms. The highest BCUT2D eigenvalue weighted by Gasteiger charge is 1.96. The normalized spacial score (nSPS) is 8.67. The van der Waals surface area contributed by atoms with Crippen molar-refractivity contribution in [3.05, 3.63) is 15.4 Å². The van der Waals surface area contributed by atoms with Crippen LogP contribution >= 0.6 is 39.7 Å². The summed E-state index contributed by atoms with van der Waals surface area (Å²) in [5.74, 6) is 0. The molecule has 0 aromatic carbocycles. The van der Waals surface area contributed by atoms with E-state index in [0.29, 0.717) is 0 Å². The van der Waals surface area contributed by atoms with Gasteiger partial charge in [-0.25, -0.2) is 0 Å². The maximum Gasteiger partial charge on any atom is 0.0870 e. The Labute approximate surface area is 72.8 Å². The van der Waals surface area contributed by atoms with E-state index in [1.54, 1.807) is 11.3 Å². The van der Waals surface area contributed by atoms with Crippen molar-refractivity contribution in [1.29, 1.82) is 0 Å². The van der Waals surface area contributed by atoms with Crippen LogP contribution in [0.5, 0.6) is 0 Å². The van der Waals surface area contributed by atoms with Gasteiger partial charge in [0, 0.05) is 9.35 Å². The van der Waals surface area contributed by atoms with Crippen molar-refractivity contribution in [3.63, 3.8) is 0 Å². The second kappa shape index (κ2) is 3.44. The van der Waals surface area contributed by atoms with Crippen molar-refractivity contribution in [3.8, 4) is 0 Å². The molecule has 52 valence electrons. The Kier molecular flexibility index (Phi) is 3.54. The number of aryl methyl sites for hydroxylation is 1. The molecular weight excluding hydrogens is 221 g/mol. The lowest BCUT2D eigenvalue weighted by Gasteiger charge is -1.77. The Morgan fingerprint density at radius 1 is 1.67 bits per heavy atom. The average Bonchev–Trinajstić information content (AvgIpc) is 1.85. The lowest BCUT2D eigenvalue weighted by Crippen LogP contribution is -1.72. The van der Waals surface area contributed by atoms with Gasteiger partial charge in [0.15, 0.2) is 0 Å². The van der Waals surface area contributed by atoms with Crippen LogP contribution in [0.2, 0.25) is 0 Å². The van der Waals surface area contributed by atoms with Crippen LogP contribution in [-0.2, 0) is 0 Å². The molecule has 0 saturated carbocycles. The number of halogens is 2. The lowest BCUT2D eigenvalue weighted by molar-refractivity contribution is 1.59. The number of rotatable bonds is 0. The van der Waals surface area contributed by atoms with E-state index in [2.05, 4.69) is 15.9 Å². The second-order valence-corrected chi connectivity index (χ2v) is 3.70. The van der Waals surface area contributed by atoms with Gasteiger partial charge in [-0.3, -0.25) is 0 Å². The summed E-state index contributed by atoms with van der Waals surface area (Å²) >= 11 is 4.95. The summed E-state index contributed by atoms with van der Waals surface area (Å²) in [7, 11) is 0. The van der Waals surface area contributed by atoms with E-state index in [1.807, 2.05) is 13.0 Å². The Bertz CT molecular complexity index is 179. The third-order valence-corrected chi connectivity index (χ3v) is 2.84. The van der Waals surface area contributed by atoms with E-state index in [-0.39, 0.29) is 12.4 Å². The smallest absolute Gasteiger partial charge is 0.0870 e. The Morgan fingerprint density at radius 2 is 2.22 bits per heavy atom. The summed E-state index contributed by atoms with van der Waals surface area (Å²) < 4.78 is 1.11. The molecule has 0 spiro atoms. The SMILES string of the molecule is Cc1sc(N)cc1Br.Cl. The standard InChI is InChI=1S/C5H6BrNS.ClH/c1-3-4(6)2-5(7)8-3;/h2H,7H2,1H3;1H. The number of hydrogen-bond acceptors (Lipinski definition) is 2. The average molecular weight is 229 g/mol. The van der Waals surface area contributed by atoms with Crippen molar-refractivity contribution in [2.45, 2.75) is 6.92 Å². The predicted molar refractivity (Wildman–Crippen MR) is 48.4 cm³/mol. The maximum atomic E-state index is 5.47. The number of hydrogen-bond donors (Lipinski definition) is 1. The summed E-state index contributed by atoms with van der Waals surface area (Å²) in [5, 5.41) is 0.870. The summed E-state index contributed by atoms with van der Waals surface area (Å²) in [4.78, 5) is 1.24. The fourth-order valence-corrected chi connectivity index (χ4v) is 1.81. The molecule has 0 fully saturated rings. The second-order valence-electron chi connectivity index (χ2n) is 1.55. The molecule has 2 N–H and O–H groups in total. The topological polar surface area (TPSA) is 26.0 Å².